The number of carboxylic acids is 1. The average Bonchev–Trinajstić information content (AvgIpc) is 2.36. The summed E-state index contributed by atoms with van der Waals surface area (Å²) in [5.41, 5.74) is 2.18. The van der Waals surface area contributed by atoms with Gasteiger partial charge in [-0.25, -0.2) is 4.79 Å². The normalized spacial score (nSPS) is 12.4. The van der Waals surface area contributed by atoms with E-state index in [1.54, 1.807) is 11.5 Å². The molecule has 1 heterocycles. The molecule has 0 fully saturated rings. The third-order valence-electron chi connectivity index (χ3n) is 3.75. The number of aromatic nitrogens is 2. The Hall–Kier alpha value is -1.65. The van der Waals surface area contributed by atoms with Crippen molar-refractivity contribution in [2.45, 2.75) is 65.8 Å². The molecular weight excluding hydrogens is 256 g/mol. The Labute approximate surface area is 119 Å². The largest absolute Gasteiger partial charge is 0.481 e. The zero-order valence-electron chi connectivity index (χ0n) is 12.8. The van der Waals surface area contributed by atoms with Crippen LogP contribution in [-0.2, 0) is 11.2 Å². The van der Waals surface area contributed by atoms with Crippen LogP contribution in [0.5, 0.6) is 0 Å². The first kappa shape index (κ1) is 16.4. The SMILES string of the molecule is CCCC(CC)n1c(C)c(CCC(=O)O)c(C)nc1=O. The summed E-state index contributed by atoms with van der Waals surface area (Å²) >= 11 is 0. The molecule has 0 radical (unpaired) electrons. The van der Waals surface area contributed by atoms with Gasteiger partial charge in [-0.1, -0.05) is 20.3 Å². The number of carbonyl (C=O) groups is 1. The van der Waals surface area contributed by atoms with E-state index in [4.69, 9.17) is 5.11 Å². The van der Waals surface area contributed by atoms with Crippen molar-refractivity contribution in [2.75, 3.05) is 0 Å². The Morgan fingerprint density at radius 2 is 2.00 bits per heavy atom. The number of aliphatic carboxylic acids is 1. The molecule has 0 aromatic carbocycles. The topological polar surface area (TPSA) is 72.2 Å². The van der Waals surface area contributed by atoms with Crippen LogP contribution in [0.15, 0.2) is 4.79 Å². The predicted molar refractivity (Wildman–Crippen MR) is 78.2 cm³/mol. The van der Waals surface area contributed by atoms with E-state index in [1.165, 1.54) is 0 Å². The Balaban J connectivity index is 3.27. The Bertz CT molecular complexity index is 535. The molecule has 0 aliphatic heterocycles. The number of hydrogen-bond donors (Lipinski definition) is 1. The summed E-state index contributed by atoms with van der Waals surface area (Å²) in [4.78, 5) is 27.0. The second kappa shape index (κ2) is 7.22. The van der Waals surface area contributed by atoms with Crippen LogP contribution in [0.1, 0.15) is 62.5 Å². The highest BCUT2D eigenvalue weighted by molar-refractivity contribution is 5.67. The maximum absolute atomic E-state index is 12.2. The highest BCUT2D eigenvalue weighted by Gasteiger charge is 2.17. The van der Waals surface area contributed by atoms with Crippen LogP contribution in [0.4, 0.5) is 0 Å². The van der Waals surface area contributed by atoms with Crippen molar-refractivity contribution in [3.63, 3.8) is 0 Å². The molecule has 20 heavy (non-hydrogen) atoms. The van der Waals surface area contributed by atoms with Crippen LogP contribution in [0, 0.1) is 13.8 Å². The van der Waals surface area contributed by atoms with E-state index in [2.05, 4.69) is 18.8 Å². The van der Waals surface area contributed by atoms with Crippen molar-refractivity contribution in [3.8, 4) is 0 Å². The molecule has 1 rings (SSSR count). The van der Waals surface area contributed by atoms with E-state index >= 15 is 0 Å². The fourth-order valence-electron chi connectivity index (χ4n) is 2.69. The molecular formula is C15H24N2O3. The van der Waals surface area contributed by atoms with E-state index in [0.717, 1.165) is 30.5 Å². The summed E-state index contributed by atoms with van der Waals surface area (Å²) in [6.07, 6.45) is 3.29. The molecule has 1 aromatic rings. The zero-order chi connectivity index (χ0) is 15.3. The van der Waals surface area contributed by atoms with Gasteiger partial charge in [0.25, 0.3) is 0 Å². The summed E-state index contributed by atoms with van der Waals surface area (Å²) in [7, 11) is 0. The van der Waals surface area contributed by atoms with Gasteiger partial charge >= 0.3 is 11.7 Å². The Morgan fingerprint density at radius 3 is 2.50 bits per heavy atom. The third-order valence-corrected chi connectivity index (χ3v) is 3.75. The molecule has 0 aliphatic carbocycles. The molecule has 1 aromatic heterocycles. The molecule has 0 bridgehead atoms. The highest BCUT2D eigenvalue weighted by Crippen LogP contribution is 2.21. The maximum Gasteiger partial charge on any atom is 0.348 e. The van der Waals surface area contributed by atoms with Crippen LogP contribution in [0.3, 0.4) is 0 Å². The highest BCUT2D eigenvalue weighted by atomic mass is 16.4. The van der Waals surface area contributed by atoms with Crippen molar-refractivity contribution in [3.05, 3.63) is 27.4 Å². The fourth-order valence-corrected chi connectivity index (χ4v) is 2.69. The maximum atomic E-state index is 12.2. The lowest BCUT2D eigenvalue weighted by Crippen LogP contribution is -2.31. The molecule has 0 saturated heterocycles. The molecule has 0 spiro atoms. The number of aryl methyl sites for hydroxylation is 1. The monoisotopic (exact) mass is 280 g/mol. The van der Waals surface area contributed by atoms with Gasteiger partial charge in [0, 0.05) is 23.9 Å². The van der Waals surface area contributed by atoms with Gasteiger partial charge in [-0.15, -0.1) is 0 Å². The van der Waals surface area contributed by atoms with Gasteiger partial charge < -0.3 is 5.11 Å². The van der Waals surface area contributed by atoms with Crippen LogP contribution < -0.4 is 5.69 Å². The predicted octanol–water partition coefficient (Wildman–Crippen LogP) is 2.63. The Kier molecular flexibility index (Phi) is 5.92. The second-order valence-corrected chi connectivity index (χ2v) is 5.16. The second-order valence-electron chi connectivity index (χ2n) is 5.16. The quantitative estimate of drug-likeness (QED) is 0.833. The van der Waals surface area contributed by atoms with E-state index in [-0.39, 0.29) is 18.2 Å². The van der Waals surface area contributed by atoms with Gasteiger partial charge in [-0.3, -0.25) is 9.36 Å². The third kappa shape index (κ3) is 3.68. The number of nitrogens with zero attached hydrogens (tertiary/aromatic N) is 2. The molecule has 0 amide bonds. The van der Waals surface area contributed by atoms with Crippen molar-refractivity contribution in [2.24, 2.45) is 0 Å². The first-order valence-corrected chi connectivity index (χ1v) is 7.22. The van der Waals surface area contributed by atoms with Crippen molar-refractivity contribution < 1.29 is 9.90 Å². The summed E-state index contributed by atoms with van der Waals surface area (Å²) in [6.45, 7) is 7.82. The molecule has 1 unspecified atom stereocenters. The van der Waals surface area contributed by atoms with Crippen LogP contribution >= 0.6 is 0 Å². The van der Waals surface area contributed by atoms with Gasteiger partial charge in [0.1, 0.15) is 0 Å². The summed E-state index contributed by atoms with van der Waals surface area (Å²) in [6, 6.07) is 0.143. The lowest BCUT2D eigenvalue weighted by atomic mass is 10.0. The van der Waals surface area contributed by atoms with E-state index in [9.17, 15) is 9.59 Å². The van der Waals surface area contributed by atoms with Gasteiger partial charge in [-0.2, -0.15) is 4.98 Å². The van der Waals surface area contributed by atoms with Gasteiger partial charge in [-0.05, 0) is 38.7 Å². The minimum absolute atomic E-state index is 0.0616. The molecule has 0 saturated carbocycles. The molecule has 5 heteroatoms. The van der Waals surface area contributed by atoms with Crippen LogP contribution in [-0.4, -0.2) is 20.6 Å². The number of hydrogen-bond acceptors (Lipinski definition) is 3. The number of rotatable bonds is 7. The lowest BCUT2D eigenvalue weighted by Gasteiger charge is -2.22. The fraction of sp³-hybridized carbons (Fsp3) is 0.667. The van der Waals surface area contributed by atoms with Crippen molar-refractivity contribution >= 4 is 5.97 Å². The zero-order valence-corrected chi connectivity index (χ0v) is 12.8. The van der Waals surface area contributed by atoms with E-state index < -0.39 is 5.97 Å². The van der Waals surface area contributed by atoms with Gasteiger partial charge in [0.2, 0.25) is 0 Å². The van der Waals surface area contributed by atoms with Crippen LogP contribution in [0.2, 0.25) is 0 Å². The first-order chi connectivity index (χ1) is 9.42. The molecule has 1 atom stereocenters. The molecule has 112 valence electrons. The van der Waals surface area contributed by atoms with Gasteiger partial charge in [0.15, 0.2) is 0 Å². The van der Waals surface area contributed by atoms with E-state index in [1.807, 2.05) is 6.92 Å². The Morgan fingerprint density at radius 1 is 1.35 bits per heavy atom. The van der Waals surface area contributed by atoms with Gasteiger partial charge in [0.05, 0.1) is 0 Å². The van der Waals surface area contributed by atoms with E-state index in [0.29, 0.717) is 12.1 Å². The van der Waals surface area contributed by atoms with Crippen LogP contribution in [0.25, 0.3) is 0 Å². The molecule has 1 N–H and O–H groups in total. The minimum atomic E-state index is -0.831. The standard InChI is InChI=1S/C15H24N2O3/c1-5-7-12(6-2)17-11(4)13(8-9-14(18)19)10(3)16-15(17)20/h12H,5-9H2,1-4H3,(H,18,19). The summed E-state index contributed by atoms with van der Waals surface area (Å²) in [5.74, 6) is -0.831. The minimum Gasteiger partial charge on any atom is -0.481 e. The van der Waals surface area contributed by atoms with Crippen molar-refractivity contribution in [1.82, 2.24) is 9.55 Å². The smallest absolute Gasteiger partial charge is 0.348 e. The lowest BCUT2D eigenvalue weighted by molar-refractivity contribution is -0.136. The molecule has 5 nitrogen and oxygen atoms in total. The molecule has 0 aliphatic rings. The van der Waals surface area contributed by atoms with Crippen molar-refractivity contribution in [1.29, 1.82) is 0 Å². The average molecular weight is 280 g/mol. The summed E-state index contributed by atoms with van der Waals surface area (Å²) in [5, 5.41) is 8.83. The summed E-state index contributed by atoms with van der Waals surface area (Å²) < 4.78 is 1.74. The first-order valence-electron chi connectivity index (χ1n) is 7.22. The number of carboxylic acid groups (broad SMARTS) is 1.